The molecule has 4 heterocycles. The van der Waals surface area contributed by atoms with Gasteiger partial charge in [0, 0.05) is 65.6 Å². The van der Waals surface area contributed by atoms with Crippen LogP contribution in [0.1, 0.15) is 61.8 Å². The minimum Gasteiger partial charge on any atom is -0.309 e. The predicted molar refractivity (Wildman–Crippen MR) is 334 cm³/mol. The maximum atomic E-state index is 2.56. The van der Waals surface area contributed by atoms with E-state index in [1.165, 1.54) is 121 Å². The quantitative estimate of drug-likeness (QED) is 0.136. The van der Waals surface area contributed by atoms with E-state index in [4.69, 9.17) is 0 Å². The van der Waals surface area contributed by atoms with Crippen molar-refractivity contribution in [1.29, 1.82) is 0 Å². The van der Waals surface area contributed by atoms with Crippen molar-refractivity contribution in [3.05, 3.63) is 253 Å². The molecule has 0 saturated carbocycles. The first-order valence-electron chi connectivity index (χ1n) is 27.6. The van der Waals surface area contributed by atoms with Crippen LogP contribution in [0, 0.1) is 13.8 Å². The molecule has 0 fully saturated rings. The van der Waals surface area contributed by atoms with Crippen LogP contribution in [0.2, 0.25) is 0 Å². The highest BCUT2D eigenvalue weighted by molar-refractivity contribution is 6.32. The predicted octanol–water partition coefficient (Wildman–Crippen LogP) is 21.1. The first-order valence-corrected chi connectivity index (χ1v) is 27.6. The number of aryl methyl sites for hydroxylation is 2. The summed E-state index contributed by atoms with van der Waals surface area (Å²) in [5.74, 6) is 0.771. The second kappa shape index (κ2) is 17.6. The van der Waals surface area contributed by atoms with Crippen LogP contribution in [0.5, 0.6) is 0 Å². The molecule has 0 radical (unpaired) electrons. The number of anilines is 6. The third-order valence-corrected chi connectivity index (χ3v) is 16.9. The standard InChI is InChI=1S/C74H58N4/c1-45(2)51-29-37-65(59(41-51)49-17-9-7-10-18-49)75(53-31-25-47(5)26-32-53)67-39-35-55-61-43-70-62(44-69(61)77-63-23-15-13-21-57(63)71(67)73(55)77)56-36-40-68(72-58-22-14-16-24-64(58)78(70)74(56)72)76(54-33-27-48(6)28-34-54)66-38-30-52(46(3)4)42-60(66)50-19-11-8-12-20-50/h7-46H,1-6H3. The first-order chi connectivity index (χ1) is 38.2. The highest BCUT2D eigenvalue weighted by atomic mass is 15.2. The van der Waals surface area contributed by atoms with Gasteiger partial charge in [-0.1, -0.05) is 184 Å². The molecule has 374 valence electrons. The number of rotatable bonds is 10. The zero-order chi connectivity index (χ0) is 52.5. The Morgan fingerprint density at radius 3 is 1.08 bits per heavy atom. The summed E-state index contributed by atoms with van der Waals surface area (Å²) in [7, 11) is 0. The minimum absolute atomic E-state index is 0.385. The van der Waals surface area contributed by atoms with Crippen LogP contribution in [-0.2, 0) is 0 Å². The van der Waals surface area contributed by atoms with Gasteiger partial charge < -0.3 is 18.6 Å². The first kappa shape index (κ1) is 46.0. The third-order valence-electron chi connectivity index (χ3n) is 16.9. The molecular weight excluding hydrogens is 945 g/mol. The second-order valence-electron chi connectivity index (χ2n) is 22.2. The van der Waals surface area contributed by atoms with E-state index in [1.807, 2.05) is 0 Å². The van der Waals surface area contributed by atoms with Crippen molar-refractivity contribution in [3.8, 4) is 22.3 Å². The van der Waals surface area contributed by atoms with Crippen LogP contribution < -0.4 is 9.80 Å². The SMILES string of the molecule is Cc1ccc(N(c2ccc(C(C)C)cc2-c2ccccc2)c2ccc3c4cc5c(cc4n4c6ccccc6c2c34)c2ccc(N(c3ccc(C)cc3)c3ccc(C(C)C)cc3-c3ccccc3)c3c4ccccc4n5c23)cc1. The third kappa shape index (κ3) is 6.85. The van der Waals surface area contributed by atoms with E-state index in [9.17, 15) is 0 Å². The van der Waals surface area contributed by atoms with Gasteiger partial charge in [0.05, 0.1) is 55.8 Å². The normalized spacial score (nSPS) is 12.2. The monoisotopic (exact) mass is 1000 g/mol. The Kier molecular flexibility index (Phi) is 10.4. The summed E-state index contributed by atoms with van der Waals surface area (Å²) in [6, 6.07) is 86.8. The Bertz CT molecular complexity index is 4480. The molecule has 0 aliphatic heterocycles. The average Bonchev–Trinajstić information content (AvgIpc) is 4.32. The van der Waals surface area contributed by atoms with Gasteiger partial charge in [0.1, 0.15) is 0 Å². The lowest BCUT2D eigenvalue weighted by Gasteiger charge is -2.29. The van der Waals surface area contributed by atoms with Crippen molar-refractivity contribution < 1.29 is 0 Å². The Labute approximate surface area is 454 Å². The van der Waals surface area contributed by atoms with Crippen molar-refractivity contribution in [2.75, 3.05) is 9.80 Å². The summed E-state index contributed by atoms with van der Waals surface area (Å²) in [6.07, 6.45) is 0. The van der Waals surface area contributed by atoms with Crippen molar-refractivity contribution in [3.63, 3.8) is 0 Å². The number of fused-ring (bicyclic) bond motifs is 12. The molecule has 0 N–H and O–H groups in total. The van der Waals surface area contributed by atoms with Gasteiger partial charge in [-0.25, -0.2) is 0 Å². The molecule has 4 nitrogen and oxygen atoms in total. The Morgan fingerprint density at radius 1 is 0.308 bits per heavy atom. The van der Waals surface area contributed by atoms with Gasteiger partial charge in [-0.15, -0.1) is 0 Å². The molecule has 0 atom stereocenters. The Balaban J connectivity index is 1.01. The van der Waals surface area contributed by atoms with Crippen LogP contribution in [0.15, 0.2) is 231 Å². The molecule has 78 heavy (non-hydrogen) atoms. The van der Waals surface area contributed by atoms with Gasteiger partial charge in [-0.2, -0.15) is 0 Å². The summed E-state index contributed by atoms with van der Waals surface area (Å²) in [5.41, 5.74) is 24.2. The van der Waals surface area contributed by atoms with Crippen molar-refractivity contribution in [2.45, 2.75) is 53.4 Å². The fourth-order valence-electron chi connectivity index (χ4n) is 13.0. The maximum absolute atomic E-state index is 2.56. The molecule has 0 aliphatic rings. The molecule has 11 aromatic carbocycles. The van der Waals surface area contributed by atoms with Gasteiger partial charge in [0.2, 0.25) is 0 Å². The molecule has 15 aromatic rings. The summed E-state index contributed by atoms with van der Waals surface area (Å²) in [6.45, 7) is 13.5. The van der Waals surface area contributed by atoms with E-state index in [1.54, 1.807) is 0 Å². The maximum Gasteiger partial charge on any atom is 0.0641 e. The fraction of sp³-hybridized carbons (Fsp3) is 0.108. The zero-order valence-corrected chi connectivity index (χ0v) is 44.9. The molecule has 0 spiro atoms. The molecule has 0 unspecified atom stereocenters. The lowest BCUT2D eigenvalue weighted by molar-refractivity contribution is 0.867. The van der Waals surface area contributed by atoms with Crippen LogP contribution in [-0.4, -0.2) is 8.80 Å². The molecule has 0 saturated heterocycles. The Hall–Kier alpha value is -9.38. The number of para-hydroxylation sites is 2. The number of benzene rings is 11. The largest absolute Gasteiger partial charge is 0.309 e. The highest BCUT2D eigenvalue weighted by Gasteiger charge is 2.29. The van der Waals surface area contributed by atoms with Gasteiger partial charge in [0.15, 0.2) is 0 Å². The van der Waals surface area contributed by atoms with Crippen LogP contribution >= 0.6 is 0 Å². The Morgan fingerprint density at radius 2 is 0.679 bits per heavy atom. The topological polar surface area (TPSA) is 15.3 Å². The molecular formula is C74H58N4. The van der Waals surface area contributed by atoms with Crippen molar-refractivity contribution >= 4 is 110 Å². The number of hydrogen-bond donors (Lipinski definition) is 0. The molecule has 4 aromatic heterocycles. The fourth-order valence-corrected chi connectivity index (χ4v) is 13.0. The number of aromatic nitrogens is 2. The summed E-state index contributed by atoms with van der Waals surface area (Å²) in [5, 5.41) is 9.97. The van der Waals surface area contributed by atoms with E-state index in [2.05, 4.69) is 291 Å². The van der Waals surface area contributed by atoms with Gasteiger partial charge in [-0.05, 0) is 133 Å². The van der Waals surface area contributed by atoms with Crippen molar-refractivity contribution in [2.24, 2.45) is 0 Å². The van der Waals surface area contributed by atoms with Crippen LogP contribution in [0.4, 0.5) is 34.1 Å². The van der Waals surface area contributed by atoms with E-state index < -0.39 is 0 Å². The molecule has 0 bridgehead atoms. The summed E-state index contributed by atoms with van der Waals surface area (Å²) < 4.78 is 5.13. The lowest BCUT2D eigenvalue weighted by atomic mass is 9.94. The van der Waals surface area contributed by atoms with E-state index in [-0.39, 0.29) is 0 Å². The lowest BCUT2D eigenvalue weighted by Crippen LogP contribution is -2.12. The molecule has 0 aliphatic carbocycles. The smallest absolute Gasteiger partial charge is 0.0641 e. The number of nitrogens with zero attached hydrogens (tertiary/aromatic N) is 4. The summed E-state index contributed by atoms with van der Waals surface area (Å²) >= 11 is 0. The van der Waals surface area contributed by atoms with Gasteiger partial charge in [-0.3, -0.25) is 0 Å². The zero-order valence-electron chi connectivity index (χ0n) is 44.9. The van der Waals surface area contributed by atoms with Crippen LogP contribution in [0.25, 0.3) is 98.4 Å². The van der Waals surface area contributed by atoms with Crippen LogP contribution in [0.3, 0.4) is 0 Å². The number of hydrogen-bond acceptors (Lipinski definition) is 2. The van der Waals surface area contributed by atoms with Gasteiger partial charge >= 0.3 is 0 Å². The van der Waals surface area contributed by atoms with Crippen molar-refractivity contribution in [1.82, 2.24) is 8.80 Å². The van der Waals surface area contributed by atoms with Gasteiger partial charge in [0.25, 0.3) is 0 Å². The highest BCUT2D eigenvalue weighted by Crippen LogP contribution is 2.53. The van der Waals surface area contributed by atoms with E-state index in [0.717, 1.165) is 34.1 Å². The molecule has 0 amide bonds. The second-order valence-corrected chi connectivity index (χ2v) is 22.2. The summed E-state index contributed by atoms with van der Waals surface area (Å²) in [4.78, 5) is 5.03. The van der Waals surface area contributed by atoms with E-state index >= 15 is 0 Å². The molecule has 15 rings (SSSR count). The minimum atomic E-state index is 0.385. The average molecular weight is 1000 g/mol. The van der Waals surface area contributed by atoms with E-state index in [0.29, 0.717) is 11.8 Å². The molecule has 4 heteroatoms.